The smallest absolute Gasteiger partial charge is 0.265 e. The third kappa shape index (κ3) is 3.76. The number of nitrogen functional groups attached to an aromatic ring is 1. The van der Waals surface area contributed by atoms with Crippen molar-refractivity contribution in [2.24, 2.45) is 0 Å². The number of aliphatic hydroxyl groups is 1. The summed E-state index contributed by atoms with van der Waals surface area (Å²) in [5, 5.41) is 8.97. The van der Waals surface area contributed by atoms with Crippen molar-refractivity contribution in [1.82, 2.24) is 0 Å². The number of hydrogen-bond acceptors (Lipinski definition) is 4. The lowest BCUT2D eigenvalue weighted by atomic mass is 10.2. The van der Waals surface area contributed by atoms with Crippen molar-refractivity contribution in [2.45, 2.75) is 11.5 Å². The van der Waals surface area contributed by atoms with Crippen LogP contribution in [0.4, 0.5) is 11.4 Å². The van der Waals surface area contributed by atoms with E-state index >= 15 is 0 Å². The van der Waals surface area contributed by atoms with E-state index < -0.39 is 10.0 Å². The summed E-state index contributed by atoms with van der Waals surface area (Å²) in [6, 6.07) is 9.56. The Bertz CT molecular complexity index is 738. The molecule has 2 aromatic carbocycles. The van der Waals surface area contributed by atoms with Crippen molar-refractivity contribution >= 4 is 53.3 Å². The molecular formula is C13H12Br2N2O3S. The van der Waals surface area contributed by atoms with Crippen molar-refractivity contribution in [2.75, 3.05) is 10.5 Å². The van der Waals surface area contributed by atoms with E-state index in [9.17, 15) is 8.42 Å². The molecule has 0 saturated heterocycles. The number of nitrogens with two attached hydrogens (primary N) is 1. The van der Waals surface area contributed by atoms with Crippen LogP contribution in [0.25, 0.3) is 0 Å². The number of anilines is 2. The first-order valence-electron chi connectivity index (χ1n) is 5.80. The zero-order chi connectivity index (χ0) is 15.6. The average molecular weight is 436 g/mol. The highest BCUT2D eigenvalue weighted by Crippen LogP contribution is 2.32. The first-order chi connectivity index (χ1) is 9.83. The van der Waals surface area contributed by atoms with Gasteiger partial charge < -0.3 is 10.8 Å². The van der Waals surface area contributed by atoms with Crippen molar-refractivity contribution in [3.63, 3.8) is 0 Å². The molecule has 0 spiro atoms. The summed E-state index contributed by atoms with van der Waals surface area (Å²) in [6.07, 6.45) is 0. The van der Waals surface area contributed by atoms with Gasteiger partial charge in [-0.2, -0.15) is 0 Å². The number of aliphatic hydroxyl groups excluding tert-OH is 1. The van der Waals surface area contributed by atoms with Gasteiger partial charge >= 0.3 is 0 Å². The molecule has 2 rings (SSSR count). The van der Waals surface area contributed by atoms with Gasteiger partial charge in [-0.15, -0.1) is 0 Å². The summed E-state index contributed by atoms with van der Waals surface area (Å²) in [4.78, 5) is -0.0167. The molecule has 112 valence electrons. The Morgan fingerprint density at radius 2 is 1.76 bits per heavy atom. The van der Waals surface area contributed by atoms with E-state index in [1.165, 1.54) is 6.07 Å². The lowest BCUT2D eigenvalue weighted by molar-refractivity contribution is 0.282. The molecule has 5 nitrogen and oxygen atoms in total. The van der Waals surface area contributed by atoms with Crippen LogP contribution in [0.1, 0.15) is 5.56 Å². The molecule has 0 aliphatic heterocycles. The summed E-state index contributed by atoms with van der Waals surface area (Å²) < 4.78 is 28.3. The second-order valence-corrected chi connectivity index (χ2v) is 7.66. The van der Waals surface area contributed by atoms with Crippen molar-refractivity contribution in [1.29, 1.82) is 0 Å². The minimum atomic E-state index is -3.82. The van der Waals surface area contributed by atoms with Crippen molar-refractivity contribution < 1.29 is 13.5 Å². The highest BCUT2D eigenvalue weighted by atomic mass is 79.9. The van der Waals surface area contributed by atoms with Crippen molar-refractivity contribution in [3.8, 4) is 0 Å². The Labute approximate surface area is 139 Å². The quantitative estimate of drug-likeness (QED) is 0.643. The number of sulfonamides is 1. The molecule has 8 heteroatoms. The molecule has 2 aromatic rings. The normalized spacial score (nSPS) is 11.4. The van der Waals surface area contributed by atoms with Gasteiger partial charge in [-0.3, -0.25) is 4.72 Å². The maximum Gasteiger partial charge on any atom is 0.265 e. The van der Waals surface area contributed by atoms with Crippen LogP contribution in [0, 0.1) is 0 Å². The van der Waals surface area contributed by atoms with Crippen molar-refractivity contribution in [3.05, 3.63) is 50.9 Å². The minimum absolute atomic E-state index is 0.0167. The molecule has 0 atom stereocenters. The van der Waals surface area contributed by atoms with Gasteiger partial charge in [0.15, 0.2) is 0 Å². The number of halogens is 2. The summed E-state index contributed by atoms with van der Waals surface area (Å²) in [7, 11) is -3.82. The molecule has 0 saturated carbocycles. The first kappa shape index (κ1) is 16.3. The van der Waals surface area contributed by atoms with Gasteiger partial charge in [0.25, 0.3) is 10.0 Å². The van der Waals surface area contributed by atoms with Crippen LogP contribution >= 0.6 is 31.9 Å². The first-order valence-corrected chi connectivity index (χ1v) is 8.87. The Hall–Kier alpha value is -1.09. The molecule has 0 aromatic heterocycles. The fourth-order valence-corrected chi connectivity index (χ4v) is 4.88. The van der Waals surface area contributed by atoms with Gasteiger partial charge in [0.1, 0.15) is 4.90 Å². The fourth-order valence-electron chi connectivity index (χ4n) is 1.75. The van der Waals surface area contributed by atoms with Crippen LogP contribution in [0.5, 0.6) is 0 Å². The van der Waals surface area contributed by atoms with Gasteiger partial charge in [0, 0.05) is 14.6 Å². The lowest BCUT2D eigenvalue weighted by Gasteiger charge is -2.12. The van der Waals surface area contributed by atoms with Gasteiger partial charge in [0.2, 0.25) is 0 Å². The molecule has 4 N–H and O–H groups in total. The fraction of sp³-hybridized carbons (Fsp3) is 0.0769. The zero-order valence-corrected chi connectivity index (χ0v) is 14.7. The van der Waals surface area contributed by atoms with Crippen LogP contribution in [-0.4, -0.2) is 13.5 Å². The lowest BCUT2D eigenvalue weighted by Crippen LogP contribution is -2.15. The molecule has 0 amide bonds. The molecule has 0 aliphatic rings. The summed E-state index contributed by atoms with van der Waals surface area (Å²) in [5.74, 6) is 0. The third-order valence-electron chi connectivity index (χ3n) is 2.69. The Kier molecular flexibility index (Phi) is 4.92. The van der Waals surface area contributed by atoms with Gasteiger partial charge in [-0.25, -0.2) is 8.42 Å². The maximum atomic E-state index is 12.4. The molecule has 0 heterocycles. The zero-order valence-electron chi connectivity index (χ0n) is 10.7. The Morgan fingerprint density at radius 3 is 2.29 bits per heavy atom. The highest BCUT2D eigenvalue weighted by Gasteiger charge is 2.21. The third-order valence-corrected chi connectivity index (χ3v) is 5.54. The van der Waals surface area contributed by atoms with E-state index in [0.29, 0.717) is 20.2 Å². The molecule has 21 heavy (non-hydrogen) atoms. The summed E-state index contributed by atoms with van der Waals surface area (Å²) in [6.45, 7) is -0.0990. The molecule has 0 unspecified atom stereocenters. The molecule has 0 aliphatic carbocycles. The van der Waals surface area contributed by atoms with E-state index in [4.69, 9.17) is 10.8 Å². The van der Waals surface area contributed by atoms with Gasteiger partial charge in [-0.1, -0.05) is 28.1 Å². The second kappa shape index (κ2) is 6.35. The number of benzene rings is 2. The van der Waals surface area contributed by atoms with E-state index in [2.05, 4.69) is 36.6 Å². The Balaban J connectivity index is 2.38. The van der Waals surface area contributed by atoms with E-state index in [1.54, 1.807) is 30.3 Å². The van der Waals surface area contributed by atoms with E-state index in [0.717, 1.165) is 0 Å². The number of nitrogens with one attached hydrogen (secondary N) is 1. The highest BCUT2D eigenvalue weighted by molar-refractivity contribution is 9.11. The summed E-state index contributed by atoms with van der Waals surface area (Å²) >= 11 is 6.46. The summed E-state index contributed by atoms with van der Waals surface area (Å²) in [5.41, 5.74) is 7.02. The van der Waals surface area contributed by atoms with Crippen LogP contribution in [0.15, 0.2) is 50.2 Å². The minimum Gasteiger partial charge on any atom is -0.398 e. The van der Waals surface area contributed by atoms with Crippen LogP contribution in [-0.2, 0) is 16.6 Å². The van der Waals surface area contributed by atoms with E-state index in [-0.39, 0.29) is 17.2 Å². The van der Waals surface area contributed by atoms with Crippen LogP contribution < -0.4 is 10.5 Å². The van der Waals surface area contributed by atoms with Gasteiger partial charge in [-0.05, 0) is 45.8 Å². The van der Waals surface area contributed by atoms with E-state index in [1.807, 2.05) is 0 Å². The van der Waals surface area contributed by atoms with Crippen LogP contribution in [0.2, 0.25) is 0 Å². The molecule has 0 bridgehead atoms. The predicted molar refractivity (Wildman–Crippen MR) is 89.4 cm³/mol. The topological polar surface area (TPSA) is 92.4 Å². The monoisotopic (exact) mass is 434 g/mol. The van der Waals surface area contributed by atoms with Gasteiger partial charge in [0.05, 0.1) is 12.3 Å². The average Bonchev–Trinajstić information content (AvgIpc) is 2.37. The van der Waals surface area contributed by atoms with Crippen LogP contribution in [0.3, 0.4) is 0 Å². The standard InChI is InChI=1S/C13H12Br2N2O3S/c14-9-5-11(15)13(12(16)6-9)21(19,20)17-10-3-1-8(7-18)2-4-10/h1-6,17-18H,7,16H2. The second-order valence-electron chi connectivity index (χ2n) is 4.27. The molecule has 0 radical (unpaired) electrons. The predicted octanol–water partition coefficient (Wildman–Crippen LogP) is 3.09. The maximum absolute atomic E-state index is 12.4. The molecular weight excluding hydrogens is 424 g/mol. The SMILES string of the molecule is Nc1cc(Br)cc(Br)c1S(=O)(=O)Nc1ccc(CO)cc1. The molecule has 0 fully saturated rings. The number of rotatable bonds is 4. The Morgan fingerprint density at radius 1 is 1.14 bits per heavy atom. The largest absolute Gasteiger partial charge is 0.398 e. The number of hydrogen-bond donors (Lipinski definition) is 3.